The second kappa shape index (κ2) is 7.41. The van der Waals surface area contributed by atoms with Gasteiger partial charge in [0.1, 0.15) is 0 Å². The first kappa shape index (κ1) is 20.7. The molecule has 0 spiro atoms. The Morgan fingerprint density at radius 3 is 1.89 bits per heavy atom. The monoisotopic (exact) mass is 415 g/mol. The largest absolute Gasteiger partial charge is 0.341 e. The Kier molecular flexibility index (Phi) is 5.48. The molecule has 3 aromatic rings. The summed E-state index contributed by atoms with van der Waals surface area (Å²) in [6, 6.07) is 13.9. The summed E-state index contributed by atoms with van der Waals surface area (Å²) in [7, 11) is -3.44. The van der Waals surface area contributed by atoms with E-state index in [4.69, 9.17) is 11.6 Å². The molecule has 0 radical (unpaired) electrons. The molecule has 2 aromatic carbocycles. The SMILES string of the molecule is Cc1cc(C)cc(-c2c(S(C)(=O)=O)c(C)n(C(C)C)c2-c2ccc(Cl)cc2)c1. The highest BCUT2D eigenvalue weighted by Crippen LogP contribution is 2.43. The second-order valence-corrected chi connectivity index (χ2v) is 10.1. The van der Waals surface area contributed by atoms with E-state index in [0.717, 1.165) is 39.2 Å². The van der Waals surface area contributed by atoms with Crippen molar-refractivity contribution in [1.29, 1.82) is 0 Å². The van der Waals surface area contributed by atoms with Crippen molar-refractivity contribution in [3.63, 3.8) is 0 Å². The summed E-state index contributed by atoms with van der Waals surface area (Å²) in [4.78, 5) is 0.399. The van der Waals surface area contributed by atoms with Gasteiger partial charge in [-0.2, -0.15) is 0 Å². The molecule has 28 heavy (non-hydrogen) atoms. The van der Waals surface area contributed by atoms with Crippen LogP contribution in [-0.2, 0) is 9.84 Å². The maximum atomic E-state index is 12.9. The summed E-state index contributed by atoms with van der Waals surface area (Å²) in [5.41, 5.74) is 6.52. The van der Waals surface area contributed by atoms with Crippen LogP contribution < -0.4 is 0 Å². The number of nitrogens with zero attached hydrogens (tertiary/aromatic N) is 1. The van der Waals surface area contributed by atoms with Gasteiger partial charge in [-0.15, -0.1) is 0 Å². The summed E-state index contributed by atoms with van der Waals surface area (Å²) < 4.78 is 27.8. The zero-order valence-electron chi connectivity index (χ0n) is 17.2. The Balaban J connectivity index is 2.54. The lowest BCUT2D eigenvalue weighted by atomic mass is 9.97. The topological polar surface area (TPSA) is 39.1 Å². The lowest BCUT2D eigenvalue weighted by Gasteiger charge is -2.17. The number of hydrogen-bond donors (Lipinski definition) is 0. The van der Waals surface area contributed by atoms with Crippen molar-refractivity contribution in [2.45, 2.75) is 45.6 Å². The van der Waals surface area contributed by atoms with Gasteiger partial charge in [0.05, 0.1) is 10.6 Å². The molecule has 1 aromatic heterocycles. The van der Waals surface area contributed by atoms with E-state index in [2.05, 4.69) is 36.6 Å². The number of aromatic nitrogens is 1. The van der Waals surface area contributed by atoms with Gasteiger partial charge in [-0.25, -0.2) is 8.42 Å². The Morgan fingerprint density at radius 1 is 0.893 bits per heavy atom. The van der Waals surface area contributed by atoms with E-state index in [1.807, 2.05) is 45.0 Å². The molecule has 0 unspecified atom stereocenters. The summed E-state index contributed by atoms with van der Waals surface area (Å²) in [5, 5.41) is 0.652. The predicted molar refractivity (Wildman–Crippen MR) is 118 cm³/mol. The highest BCUT2D eigenvalue weighted by Gasteiger charge is 2.29. The number of sulfone groups is 1. The number of hydrogen-bond acceptors (Lipinski definition) is 2. The number of benzene rings is 2. The maximum Gasteiger partial charge on any atom is 0.177 e. The van der Waals surface area contributed by atoms with Crippen LogP contribution in [-0.4, -0.2) is 19.2 Å². The van der Waals surface area contributed by atoms with Crippen LogP contribution in [0, 0.1) is 20.8 Å². The minimum absolute atomic E-state index is 0.103. The van der Waals surface area contributed by atoms with E-state index in [1.165, 1.54) is 6.26 Å². The number of halogens is 1. The van der Waals surface area contributed by atoms with Crippen molar-refractivity contribution in [3.8, 4) is 22.4 Å². The van der Waals surface area contributed by atoms with Gasteiger partial charge >= 0.3 is 0 Å². The summed E-state index contributed by atoms with van der Waals surface area (Å²) >= 11 is 6.11. The Morgan fingerprint density at radius 2 is 1.43 bits per heavy atom. The molecule has 3 rings (SSSR count). The highest BCUT2D eigenvalue weighted by atomic mass is 35.5. The van der Waals surface area contributed by atoms with Gasteiger partial charge in [0.2, 0.25) is 0 Å². The van der Waals surface area contributed by atoms with Crippen LogP contribution in [0.4, 0.5) is 0 Å². The molecule has 0 fully saturated rings. The van der Waals surface area contributed by atoms with Crippen LogP contribution in [0.1, 0.15) is 36.7 Å². The minimum atomic E-state index is -3.44. The van der Waals surface area contributed by atoms with Gasteiger partial charge < -0.3 is 4.57 Å². The van der Waals surface area contributed by atoms with Crippen molar-refractivity contribution >= 4 is 21.4 Å². The van der Waals surface area contributed by atoms with Gasteiger partial charge in [-0.3, -0.25) is 0 Å². The predicted octanol–water partition coefficient (Wildman–Crippen LogP) is 6.39. The second-order valence-electron chi connectivity index (χ2n) is 7.76. The lowest BCUT2D eigenvalue weighted by Crippen LogP contribution is -2.06. The molecular formula is C23H26ClNO2S. The smallest absolute Gasteiger partial charge is 0.177 e. The van der Waals surface area contributed by atoms with E-state index in [1.54, 1.807) is 0 Å². The average Bonchev–Trinajstić information content (AvgIpc) is 2.88. The third-order valence-corrected chi connectivity index (χ3v) is 6.40. The summed E-state index contributed by atoms with van der Waals surface area (Å²) in [6.45, 7) is 10.1. The van der Waals surface area contributed by atoms with E-state index < -0.39 is 9.84 Å². The molecule has 0 atom stereocenters. The minimum Gasteiger partial charge on any atom is -0.341 e. The van der Waals surface area contributed by atoms with Crippen LogP contribution in [0.15, 0.2) is 47.4 Å². The van der Waals surface area contributed by atoms with Crippen molar-refractivity contribution in [2.75, 3.05) is 6.26 Å². The fraction of sp³-hybridized carbons (Fsp3) is 0.304. The molecule has 0 aliphatic carbocycles. The highest BCUT2D eigenvalue weighted by molar-refractivity contribution is 7.91. The van der Waals surface area contributed by atoms with Gasteiger partial charge in [0, 0.05) is 28.6 Å². The zero-order valence-corrected chi connectivity index (χ0v) is 18.7. The molecule has 0 saturated carbocycles. The number of rotatable bonds is 4. The fourth-order valence-electron chi connectivity index (χ4n) is 4.06. The molecule has 0 aliphatic heterocycles. The van der Waals surface area contributed by atoms with Crippen LogP contribution >= 0.6 is 11.6 Å². The Hall–Kier alpha value is -2.04. The lowest BCUT2D eigenvalue weighted by molar-refractivity contribution is 0.583. The molecule has 0 amide bonds. The van der Waals surface area contributed by atoms with Gasteiger partial charge in [-0.1, -0.05) is 53.1 Å². The first-order valence-corrected chi connectivity index (χ1v) is 11.6. The van der Waals surface area contributed by atoms with Crippen molar-refractivity contribution in [2.24, 2.45) is 0 Å². The standard InChI is InChI=1S/C23H26ClNO2S/c1-14(2)25-17(5)23(28(6,26)27)21(19-12-15(3)11-16(4)13-19)22(25)18-7-9-20(24)10-8-18/h7-14H,1-6H3. The normalized spacial score (nSPS) is 12.0. The third-order valence-electron chi connectivity index (χ3n) is 4.91. The van der Waals surface area contributed by atoms with E-state index >= 15 is 0 Å². The first-order chi connectivity index (χ1) is 13.0. The third kappa shape index (κ3) is 3.76. The van der Waals surface area contributed by atoms with E-state index in [-0.39, 0.29) is 6.04 Å². The first-order valence-electron chi connectivity index (χ1n) is 9.30. The number of aryl methyl sites for hydroxylation is 2. The molecule has 0 N–H and O–H groups in total. The van der Waals surface area contributed by atoms with Crippen molar-refractivity contribution < 1.29 is 8.42 Å². The van der Waals surface area contributed by atoms with Gasteiger partial charge in [-0.05, 0) is 57.9 Å². The summed E-state index contributed by atoms with van der Waals surface area (Å²) in [5.74, 6) is 0. The quantitative estimate of drug-likeness (QED) is 0.495. The van der Waals surface area contributed by atoms with Gasteiger partial charge in [0.25, 0.3) is 0 Å². The summed E-state index contributed by atoms with van der Waals surface area (Å²) in [6.07, 6.45) is 1.29. The molecule has 5 heteroatoms. The van der Waals surface area contributed by atoms with Crippen LogP contribution in [0.2, 0.25) is 5.02 Å². The Labute approximate surface area is 172 Å². The van der Waals surface area contributed by atoms with Gasteiger partial charge in [0.15, 0.2) is 9.84 Å². The van der Waals surface area contributed by atoms with Crippen LogP contribution in [0.3, 0.4) is 0 Å². The van der Waals surface area contributed by atoms with Crippen LogP contribution in [0.5, 0.6) is 0 Å². The molecule has 0 aliphatic rings. The Bertz CT molecular complexity index is 1120. The molecule has 1 heterocycles. The molecular weight excluding hydrogens is 390 g/mol. The molecule has 0 bridgehead atoms. The zero-order chi connectivity index (χ0) is 20.8. The maximum absolute atomic E-state index is 12.9. The van der Waals surface area contributed by atoms with Crippen LogP contribution in [0.25, 0.3) is 22.4 Å². The molecule has 3 nitrogen and oxygen atoms in total. The van der Waals surface area contributed by atoms with Crippen molar-refractivity contribution in [1.82, 2.24) is 4.57 Å². The van der Waals surface area contributed by atoms with E-state index in [0.29, 0.717) is 9.92 Å². The molecule has 148 valence electrons. The average molecular weight is 416 g/mol. The van der Waals surface area contributed by atoms with Crippen molar-refractivity contribution in [3.05, 3.63) is 64.3 Å². The molecule has 0 saturated heterocycles. The van der Waals surface area contributed by atoms with E-state index in [9.17, 15) is 8.42 Å². The fourth-order valence-corrected chi connectivity index (χ4v) is 5.41.